The van der Waals surface area contributed by atoms with Crippen molar-refractivity contribution >= 4 is 17.3 Å². The van der Waals surface area contributed by atoms with Gasteiger partial charge >= 0.3 is 5.69 Å². The molecule has 0 aromatic heterocycles. The van der Waals surface area contributed by atoms with E-state index in [4.69, 9.17) is 5.21 Å². The van der Waals surface area contributed by atoms with E-state index in [1.807, 2.05) is 21.1 Å². The minimum Gasteiger partial charge on any atom is -0.323 e. The summed E-state index contributed by atoms with van der Waals surface area (Å²) in [6.45, 7) is 0.357. The zero-order valence-corrected chi connectivity index (χ0v) is 10.2. The lowest BCUT2D eigenvalue weighted by Crippen LogP contribution is -2.41. The molecule has 92 valence electrons. The van der Waals surface area contributed by atoms with Crippen LogP contribution in [0.1, 0.15) is 0 Å². The second kappa shape index (κ2) is 4.92. The molecule has 6 heteroatoms. The van der Waals surface area contributed by atoms with Crippen molar-refractivity contribution in [3.63, 3.8) is 0 Å². The number of benzene rings is 1. The summed E-state index contributed by atoms with van der Waals surface area (Å²) in [5.74, 6) is -0.103. The van der Waals surface area contributed by atoms with Gasteiger partial charge in [0.25, 0.3) is 10.8 Å². The monoisotopic (exact) mass is 239 g/mol. The van der Waals surface area contributed by atoms with Crippen LogP contribution in [0.15, 0.2) is 24.3 Å². The van der Waals surface area contributed by atoms with E-state index in [2.05, 4.69) is 5.32 Å². The van der Waals surface area contributed by atoms with E-state index < -0.39 is 0 Å². The molecule has 2 N–H and O–H groups in total. The lowest BCUT2D eigenvalue weighted by molar-refractivity contribution is -0.861. The van der Waals surface area contributed by atoms with Crippen LogP contribution in [0.4, 0.5) is 11.4 Å². The Hall–Kier alpha value is -1.95. The number of rotatable bonds is 4. The topological polar surface area (TPSA) is 69.4 Å². The molecule has 0 radical (unpaired) electrons. The summed E-state index contributed by atoms with van der Waals surface area (Å²) in [7, 11) is 5.76. The standard InChI is InChI=1S/C11H16N3O3/c1-14(2,3)8-11(15)12-9-4-6-10(7-5-9)13(16)17/h4-7H,8H2,1-3H3,(H-,12,15,16,17)/q+1/p+1. The molecule has 0 aliphatic rings. The Bertz CT molecular complexity index is 421. The second-order valence-electron chi connectivity index (χ2n) is 4.82. The van der Waals surface area contributed by atoms with Gasteiger partial charge in [-0.1, -0.05) is 0 Å². The van der Waals surface area contributed by atoms with Crippen molar-refractivity contribution in [3.05, 3.63) is 29.2 Å². The number of likely N-dealkylation sites (N-methyl/N-ethyl adjacent to an activating group) is 1. The maximum absolute atomic E-state index is 11.6. The fraction of sp³-hybridized carbons (Fsp3) is 0.364. The maximum Gasteiger partial charge on any atom is 0.316 e. The first-order valence-corrected chi connectivity index (χ1v) is 5.14. The van der Waals surface area contributed by atoms with Crippen molar-refractivity contribution in [1.29, 1.82) is 0 Å². The quantitative estimate of drug-likeness (QED) is 0.611. The first-order chi connectivity index (χ1) is 7.78. The van der Waals surface area contributed by atoms with E-state index in [9.17, 15) is 9.70 Å². The molecule has 0 fully saturated rings. The highest BCUT2D eigenvalue weighted by atomic mass is 16.6. The van der Waals surface area contributed by atoms with E-state index >= 15 is 0 Å². The zero-order chi connectivity index (χ0) is 13.1. The fourth-order valence-electron chi connectivity index (χ4n) is 1.30. The molecule has 0 spiro atoms. The van der Waals surface area contributed by atoms with Crippen LogP contribution >= 0.6 is 0 Å². The van der Waals surface area contributed by atoms with Crippen molar-refractivity contribution in [3.8, 4) is 0 Å². The predicted molar refractivity (Wildman–Crippen MR) is 63.0 cm³/mol. The van der Waals surface area contributed by atoms with Crippen LogP contribution in [-0.2, 0) is 4.79 Å². The second-order valence-corrected chi connectivity index (χ2v) is 4.82. The highest BCUT2D eigenvalue weighted by Gasteiger charge is 2.15. The summed E-state index contributed by atoms with van der Waals surface area (Å²) in [5, 5.41) is 11.3. The largest absolute Gasteiger partial charge is 0.323 e. The highest BCUT2D eigenvalue weighted by molar-refractivity contribution is 5.91. The number of anilines is 1. The van der Waals surface area contributed by atoms with E-state index in [1.54, 1.807) is 12.1 Å². The molecule has 0 heterocycles. The summed E-state index contributed by atoms with van der Waals surface area (Å²) in [4.78, 5) is 21.9. The third kappa shape index (κ3) is 4.60. The lowest BCUT2D eigenvalue weighted by Gasteiger charge is -2.22. The van der Waals surface area contributed by atoms with Crippen LogP contribution in [0, 0.1) is 4.91 Å². The van der Waals surface area contributed by atoms with E-state index in [0.29, 0.717) is 16.7 Å². The van der Waals surface area contributed by atoms with Gasteiger partial charge in [-0.25, -0.2) is 5.21 Å². The molecular formula is C11H17N3O3+2. The van der Waals surface area contributed by atoms with Crippen molar-refractivity contribution in [2.24, 2.45) is 0 Å². The van der Waals surface area contributed by atoms with Gasteiger partial charge in [0.2, 0.25) is 0 Å². The predicted octanol–water partition coefficient (Wildman–Crippen LogP) is 1.13. The van der Waals surface area contributed by atoms with Crippen molar-refractivity contribution in [2.75, 3.05) is 33.0 Å². The molecule has 0 bridgehead atoms. The summed E-state index contributed by atoms with van der Waals surface area (Å²) in [6, 6.07) is 5.97. The number of carbonyl (C=O) groups is 1. The van der Waals surface area contributed by atoms with Crippen LogP contribution in [-0.4, -0.2) is 48.2 Å². The Balaban J connectivity index is 2.64. The Labute approximate surface area is 99.6 Å². The van der Waals surface area contributed by atoms with Gasteiger partial charge < -0.3 is 9.80 Å². The smallest absolute Gasteiger partial charge is 0.316 e. The number of nitrogens with zero attached hydrogens (tertiary/aromatic N) is 2. The number of carbonyl (C=O) groups excluding carboxylic acids is 1. The third-order valence-electron chi connectivity index (χ3n) is 1.99. The molecule has 1 aromatic rings. The molecule has 1 amide bonds. The summed E-state index contributed by atoms with van der Waals surface area (Å²) in [5.41, 5.74) is 0.712. The van der Waals surface area contributed by atoms with Gasteiger partial charge in [-0.2, -0.15) is 0 Å². The first-order valence-electron chi connectivity index (χ1n) is 5.14. The molecule has 17 heavy (non-hydrogen) atoms. The molecule has 6 nitrogen and oxygen atoms in total. The van der Waals surface area contributed by atoms with Gasteiger partial charge in [-0.3, -0.25) is 4.79 Å². The van der Waals surface area contributed by atoms with Gasteiger partial charge in [-0.15, -0.1) is 0 Å². The number of hydrogen-bond acceptors (Lipinski definition) is 2. The average Bonchev–Trinajstić information content (AvgIpc) is 2.15. The SMILES string of the molecule is C[N+](C)(C)CC(=O)Nc1ccc([N+](=O)O)cc1. The van der Waals surface area contributed by atoms with Crippen LogP contribution in [0.3, 0.4) is 0 Å². The van der Waals surface area contributed by atoms with Gasteiger partial charge in [0.05, 0.1) is 26.1 Å². The van der Waals surface area contributed by atoms with E-state index in [-0.39, 0.29) is 16.5 Å². The van der Waals surface area contributed by atoms with E-state index in [0.717, 1.165) is 0 Å². The molecule has 0 atom stereocenters. The minimum absolute atomic E-state index is 0.103. The molecular weight excluding hydrogens is 222 g/mol. The number of amides is 1. The molecule has 0 aliphatic carbocycles. The lowest BCUT2D eigenvalue weighted by atomic mass is 10.3. The van der Waals surface area contributed by atoms with Gasteiger partial charge in [0.1, 0.15) is 0 Å². The van der Waals surface area contributed by atoms with Crippen molar-refractivity contribution in [1.82, 2.24) is 0 Å². The molecule has 0 unspecified atom stereocenters. The fourth-order valence-corrected chi connectivity index (χ4v) is 1.30. The van der Waals surface area contributed by atoms with Crippen molar-refractivity contribution in [2.45, 2.75) is 0 Å². The number of hydrogen-bond donors (Lipinski definition) is 2. The molecule has 0 saturated heterocycles. The number of quaternary nitrogens is 1. The summed E-state index contributed by atoms with van der Waals surface area (Å²) in [6.07, 6.45) is 0. The maximum atomic E-state index is 11.6. The number of nitrogens with one attached hydrogen (secondary N) is 1. The Morgan fingerprint density at radius 1 is 1.29 bits per heavy atom. The average molecular weight is 239 g/mol. The molecule has 1 aromatic carbocycles. The third-order valence-corrected chi connectivity index (χ3v) is 1.99. The molecule has 0 aliphatic heterocycles. The molecule has 1 rings (SSSR count). The van der Waals surface area contributed by atoms with Crippen molar-refractivity contribution < 1.29 is 19.4 Å². The van der Waals surface area contributed by atoms with Crippen LogP contribution < -0.4 is 5.32 Å². The van der Waals surface area contributed by atoms with Gasteiger partial charge in [0, 0.05) is 17.8 Å². The zero-order valence-electron chi connectivity index (χ0n) is 10.2. The Kier molecular flexibility index (Phi) is 3.80. The van der Waals surface area contributed by atoms with E-state index in [1.165, 1.54) is 12.1 Å². The Morgan fingerprint density at radius 3 is 2.24 bits per heavy atom. The Morgan fingerprint density at radius 2 is 1.82 bits per heavy atom. The normalized spacial score (nSPS) is 11.0. The van der Waals surface area contributed by atoms with Gasteiger partial charge in [-0.05, 0) is 12.1 Å². The summed E-state index contributed by atoms with van der Waals surface area (Å²) >= 11 is 0. The first kappa shape index (κ1) is 13.1. The molecule has 0 saturated carbocycles. The van der Waals surface area contributed by atoms with Gasteiger partial charge in [0.15, 0.2) is 6.54 Å². The van der Waals surface area contributed by atoms with Crippen LogP contribution in [0.25, 0.3) is 0 Å². The van der Waals surface area contributed by atoms with Crippen LogP contribution in [0.5, 0.6) is 0 Å². The summed E-state index contributed by atoms with van der Waals surface area (Å²) < 4.78 is 0.537. The van der Waals surface area contributed by atoms with Crippen LogP contribution in [0.2, 0.25) is 0 Å². The highest BCUT2D eigenvalue weighted by Crippen LogP contribution is 2.14. The minimum atomic E-state index is -0.225.